The summed E-state index contributed by atoms with van der Waals surface area (Å²) in [7, 11) is 0. The van der Waals surface area contributed by atoms with Gasteiger partial charge in [-0.15, -0.1) is 6.58 Å². The maximum Gasteiger partial charge on any atom is 0.408 e. The molecule has 3 amide bonds. The molecule has 0 bridgehead atoms. The third kappa shape index (κ3) is 7.99. The number of halogens is 1. The highest BCUT2D eigenvalue weighted by Crippen LogP contribution is 2.31. The molecule has 0 aliphatic rings. The van der Waals surface area contributed by atoms with Gasteiger partial charge in [-0.1, -0.05) is 49.7 Å². The lowest BCUT2D eigenvalue weighted by Gasteiger charge is -2.35. The molecule has 0 aromatic heterocycles. The van der Waals surface area contributed by atoms with Gasteiger partial charge in [-0.25, -0.2) is 4.79 Å². The number of aryl methyl sites for hydroxylation is 2. The smallest absolute Gasteiger partial charge is 0.408 e. The number of rotatable bonds is 9. The SMILES string of the molecule is C=CCN(C(=O)C(NC(=O)OC(C)(C)C)C(C)C)C(C(=O)Nc1c(C)cccc1Cl)c1ccc(O)c(C)c1. The van der Waals surface area contributed by atoms with Gasteiger partial charge in [-0.2, -0.15) is 0 Å². The molecule has 206 valence electrons. The molecule has 0 saturated heterocycles. The average Bonchev–Trinajstić information content (AvgIpc) is 2.80. The van der Waals surface area contributed by atoms with Crippen molar-refractivity contribution in [3.8, 4) is 5.75 Å². The van der Waals surface area contributed by atoms with E-state index in [1.165, 1.54) is 17.0 Å². The first-order chi connectivity index (χ1) is 17.7. The van der Waals surface area contributed by atoms with E-state index in [9.17, 15) is 19.5 Å². The van der Waals surface area contributed by atoms with E-state index in [-0.39, 0.29) is 18.2 Å². The van der Waals surface area contributed by atoms with Crippen molar-refractivity contribution in [1.82, 2.24) is 10.2 Å². The van der Waals surface area contributed by atoms with Gasteiger partial charge in [0.2, 0.25) is 5.91 Å². The molecule has 0 heterocycles. The van der Waals surface area contributed by atoms with Gasteiger partial charge in [0.15, 0.2) is 0 Å². The molecule has 9 heteroatoms. The van der Waals surface area contributed by atoms with Crippen LogP contribution in [-0.2, 0) is 14.3 Å². The van der Waals surface area contributed by atoms with Crippen LogP contribution in [0.15, 0.2) is 49.1 Å². The van der Waals surface area contributed by atoms with Gasteiger partial charge in [0.25, 0.3) is 5.91 Å². The molecule has 2 unspecified atom stereocenters. The number of ether oxygens (including phenoxy) is 1. The Labute approximate surface area is 230 Å². The van der Waals surface area contributed by atoms with Crippen molar-refractivity contribution in [2.45, 2.75) is 66.2 Å². The molecular formula is C29H38ClN3O5. The Morgan fingerprint density at radius 1 is 1.13 bits per heavy atom. The number of amides is 3. The molecule has 0 spiro atoms. The van der Waals surface area contributed by atoms with Crippen LogP contribution in [0.2, 0.25) is 5.02 Å². The molecule has 0 fully saturated rings. The molecule has 38 heavy (non-hydrogen) atoms. The number of carbonyl (C=O) groups excluding carboxylic acids is 3. The highest BCUT2D eigenvalue weighted by Gasteiger charge is 2.37. The summed E-state index contributed by atoms with van der Waals surface area (Å²) in [5.74, 6) is -1.27. The first-order valence-corrected chi connectivity index (χ1v) is 12.8. The predicted octanol–water partition coefficient (Wildman–Crippen LogP) is 5.91. The summed E-state index contributed by atoms with van der Waals surface area (Å²) in [6.45, 7) is 16.1. The van der Waals surface area contributed by atoms with E-state index in [1.807, 2.05) is 13.0 Å². The third-order valence-electron chi connectivity index (χ3n) is 5.78. The second kappa shape index (κ2) is 12.8. The molecule has 8 nitrogen and oxygen atoms in total. The van der Waals surface area contributed by atoms with Crippen molar-refractivity contribution < 1.29 is 24.2 Å². The molecule has 2 aromatic carbocycles. The third-order valence-corrected chi connectivity index (χ3v) is 6.10. The molecule has 0 radical (unpaired) electrons. The van der Waals surface area contributed by atoms with Crippen molar-refractivity contribution in [2.24, 2.45) is 5.92 Å². The fourth-order valence-electron chi connectivity index (χ4n) is 3.89. The first-order valence-electron chi connectivity index (χ1n) is 12.4. The Bertz CT molecular complexity index is 1170. The van der Waals surface area contributed by atoms with E-state index >= 15 is 0 Å². The van der Waals surface area contributed by atoms with Crippen LogP contribution in [0.3, 0.4) is 0 Å². The Morgan fingerprint density at radius 3 is 2.32 bits per heavy atom. The molecule has 0 aliphatic heterocycles. The monoisotopic (exact) mass is 543 g/mol. The molecule has 2 rings (SSSR count). The van der Waals surface area contributed by atoms with E-state index in [4.69, 9.17) is 16.3 Å². The van der Waals surface area contributed by atoms with Crippen molar-refractivity contribution in [1.29, 1.82) is 0 Å². The number of nitrogens with one attached hydrogen (secondary N) is 2. The van der Waals surface area contributed by atoms with Gasteiger partial charge in [0, 0.05) is 6.54 Å². The van der Waals surface area contributed by atoms with Crippen molar-refractivity contribution in [2.75, 3.05) is 11.9 Å². The summed E-state index contributed by atoms with van der Waals surface area (Å²) in [6, 6.07) is 7.84. The second-order valence-corrected chi connectivity index (χ2v) is 10.9. The highest BCUT2D eigenvalue weighted by molar-refractivity contribution is 6.34. The minimum atomic E-state index is -1.13. The number of alkyl carbamates (subject to hydrolysis) is 1. The lowest BCUT2D eigenvalue weighted by atomic mass is 9.97. The number of hydrogen-bond donors (Lipinski definition) is 3. The lowest BCUT2D eigenvalue weighted by Crippen LogP contribution is -2.54. The predicted molar refractivity (Wildman–Crippen MR) is 150 cm³/mol. The lowest BCUT2D eigenvalue weighted by molar-refractivity contribution is -0.141. The summed E-state index contributed by atoms with van der Waals surface area (Å²) in [5.41, 5.74) is 1.43. The fourth-order valence-corrected chi connectivity index (χ4v) is 4.16. The first kappa shape index (κ1) is 30.7. The number of phenols is 1. The number of phenolic OH excluding ortho intramolecular Hbond substituents is 1. The molecule has 2 aromatic rings. The van der Waals surface area contributed by atoms with Gasteiger partial charge in [-0.05, 0) is 75.4 Å². The Morgan fingerprint density at radius 2 is 1.79 bits per heavy atom. The van der Waals surface area contributed by atoms with Crippen molar-refractivity contribution in [3.05, 3.63) is 70.8 Å². The maximum absolute atomic E-state index is 14.0. The van der Waals surface area contributed by atoms with Gasteiger partial charge < -0.3 is 25.4 Å². The van der Waals surface area contributed by atoms with Gasteiger partial charge in [0.05, 0.1) is 10.7 Å². The number of para-hydroxylation sites is 1. The van der Waals surface area contributed by atoms with Crippen LogP contribution in [0.5, 0.6) is 5.75 Å². The normalized spacial score (nSPS) is 12.9. The standard InChI is InChI=1S/C29H38ClN3O5/c1-9-15-33(27(36)23(17(2)3)32-28(37)38-29(6,7)8)25(20-13-14-22(34)19(5)16-20)26(35)31-24-18(4)11-10-12-21(24)30/h9-14,16-17,23,25,34H,1,15H2,2-8H3,(H,31,35)(H,32,37). The number of aromatic hydroxyl groups is 1. The quantitative estimate of drug-likeness (QED) is 0.341. The number of anilines is 1. The van der Waals surface area contributed by atoms with Crippen molar-refractivity contribution in [3.63, 3.8) is 0 Å². The van der Waals surface area contributed by atoms with E-state index < -0.39 is 35.6 Å². The molecule has 0 saturated carbocycles. The van der Waals surface area contributed by atoms with Gasteiger partial charge >= 0.3 is 6.09 Å². The number of hydrogen-bond acceptors (Lipinski definition) is 5. The maximum atomic E-state index is 14.0. The molecule has 0 aliphatic carbocycles. The van der Waals surface area contributed by atoms with Crippen LogP contribution in [0.25, 0.3) is 0 Å². The molecule has 2 atom stereocenters. The Balaban J connectivity index is 2.58. The topological polar surface area (TPSA) is 108 Å². The summed E-state index contributed by atoms with van der Waals surface area (Å²) in [4.78, 5) is 41.8. The molecular weight excluding hydrogens is 506 g/mol. The fraction of sp³-hybridized carbons (Fsp3) is 0.414. The largest absolute Gasteiger partial charge is 0.508 e. The Kier molecular flexibility index (Phi) is 10.4. The number of carbonyl (C=O) groups is 3. The summed E-state index contributed by atoms with van der Waals surface area (Å²) in [6.07, 6.45) is 0.771. The minimum absolute atomic E-state index is 0.0115. The van der Waals surface area contributed by atoms with E-state index in [1.54, 1.807) is 65.8 Å². The second-order valence-electron chi connectivity index (χ2n) is 10.5. The number of nitrogens with zero attached hydrogens (tertiary/aromatic N) is 1. The van der Waals surface area contributed by atoms with Crippen LogP contribution in [0.1, 0.15) is 57.4 Å². The zero-order valence-electron chi connectivity index (χ0n) is 23.1. The van der Waals surface area contributed by atoms with Crippen LogP contribution in [-0.4, -0.2) is 46.1 Å². The summed E-state index contributed by atoms with van der Waals surface area (Å²) < 4.78 is 5.37. The number of benzene rings is 2. The average molecular weight is 544 g/mol. The van der Waals surface area contributed by atoms with Gasteiger partial charge in [0.1, 0.15) is 23.4 Å². The summed E-state index contributed by atoms with van der Waals surface area (Å²) in [5, 5.41) is 16.0. The Hall–Kier alpha value is -3.52. The summed E-state index contributed by atoms with van der Waals surface area (Å²) >= 11 is 6.37. The van der Waals surface area contributed by atoms with E-state index in [0.29, 0.717) is 21.8 Å². The van der Waals surface area contributed by atoms with Crippen LogP contribution in [0.4, 0.5) is 10.5 Å². The minimum Gasteiger partial charge on any atom is -0.508 e. The zero-order chi connectivity index (χ0) is 28.8. The van der Waals surface area contributed by atoms with Crippen LogP contribution in [0, 0.1) is 19.8 Å². The van der Waals surface area contributed by atoms with Gasteiger partial charge in [-0.3, -0.25) is 9.59 Å². The molecule has 3 N–H and O–H groups in total. The van der Waals surface area contributed by atoms with Crippen molar-refractivity contribution >= 4 is 35.2 Å². The highest BCUT2D eigenvalue weighted by atomic mass is 35.5. The van der Waals surface area contributed by atoms with E-state index in [2.05, 4.69) is 17.2 Å². The zero-order valence-corrected chi connectivity index (χ0v) is 23.8. The van der Waals surface area contributed by atoms with Crippen LogP contribution < -0.4 is 10.6 Å². The van der Waals surface area contributed by atoms with Crippen LogP contribution >= 0.6 is 11.6 Å². The van der Waals surface area contributed by atoms with E-state index in [0.717, 1.165) is 5.56 Å².